The number of hydrogen-bond acceptors (Lipinski definition) is 13. The summed E-state index contributed by atoms with van der Waals surface area (Å²) in [6.07, 6.45) is 5.02. The zero-order valence-corrected chi connectivity index (χ0v) is 34.9. The van der Waals surface area contributed by atoms with Crippen LogP contribution in [0.5, 0.6) is 5.75 Å². The molecule has 0 spiro atoms. The summed E-state index contributed by atoms with van der Waals surface area (Å²) in [6.45, 7) is 12.8. The van der Waals surface area contributed by atoms with Gasteiger partial charge >= 0.3 is 0 Å². The van der Waals surface area contributed by atoms with Crippen LogP contribution in [0, 0.1) is 25.7 Å². The van der Waals surface area contributed by atoms with E-state index < -0.39 is 23.6 Å². The van der Waals surface area contributed by atoms with Gasteiger partial charge < -0.3 is 31.2 Å². The second-order valence-corrected chi connectivity index (χ2v) is 15.4. The third-order valence-corrected chi connectivity index (χ3v) is 11.3. The number of likely N-dealkylation sites (tertiary alicyclic amines) is 1. The van der Waals surface area contributed by atoms with Gasteiger partial charge in [-0.1, -0.05) is 12.2 Å². The number of nitrogens with one attached hydrogen (secondary N) is 2. The highest BCUT2D eigenvalue weighted by Crippen LogP contribution is 2.33. The van der Waals surface area contributed by atoms with E-state index in [1.54, 1.807) is 38.9 Å². The molecular formula is C41H49N15O6. The van der Waals surface area contributed by atoms with Crippen LogP contribution < -0.4 is 32.6 Å². The van der Waals surface area contributed by atoms with Gasteiger partial charge in [-0.15, -0.1) is 0 Å². The summed E-state index contributed by atoms with van der Waals surface area (Å²) in [4.78, 5) is 68.3. The van der Waals surface area contributed by atoms with Crippen molar-refractivity contribution in [1.29, 1.82) is 0 Å². The van der Waals surface area contributed by atoms with Gasteiger partial charge in [-0.3, -0.25) is 48.6 Å². The second kappa shape index (κ2) is 17.1. The predicted octanol–water partition coefficient (Wildman–Crippen LogP) is 2.33. The number of benzene rings is 1. The number of carbonyl (C=O) groups excluding carboxylic acids is 4. The van der Waals surface area contributed by atoms with E-state index in [2.05, 4.69) is 35.7 Å². The molecule has 2 atom stereocenters. The first-order chi connectivity index (χ1) is 29.8. The lowest BCUT2D eigenvalue weighted by atomic mass is 10.0. The third kappa shape index (κ3) is 8.06. The number of rotatable bonds is 16. The summed E-state index contributed by atoms with van der Waals surface area (Å²) in [5.41, 5.74) is 21.5. The number of primary amides is 2. The van der Waals surface area contributed by atoms with Crippen LogP contribution in [-0.4, -0.2) is 112 Å². The van der Waals surface area contributed by atoms with E-state index in [0.29, 0.717) is 83.1 Å². The van der Waals surface area contributed by atoms with Gasteiger partial charge in [0.2, 0.25) is 23.7 Å². The number of pyridine rings is 1. The zero-order chi connectivity index (χ0) is 43.8. The fraction of sp³-hybridized carbons (Fsp3) is 0.390. The van der Waals surface area contributed by atoms with E-state index in [1.807, 2.05) is 32.9 Å². The highest BCUT2D eigenvalue weighted by Gasteiger charge is 2.37. The molecule has 2 aliphatic rings. The van der Waals surface area contributed by atoms with Crippen molar-refractivity contribution in [3.8, 4) is 5.75 Å². The zero-order valence-electron chi connectivity index (χ0n) is 34.9. The van der Waals surface area contributed by atoms with E-state index in [-0.39, 0.29) is 47.5 Å². The average molecular weight is 848 g/mol. The molecule has 2 unspecified atom stereocenters. The number of aromatic nitrogens is 9. The van der Waals surface area contributed by atoms with E-state index in [9.17, 15) is 19.2 Å². The molecule has 62 heavy (non-hydrogen) atoms. The summed E-state index contributed by atoms with van der Waals surface area (Å²) in [5.74, 6) is -0.579. The Kier molecular flexibility index (Phi) is 11.5. The maximum absolute atomic E-state index is 13.8. The molecule has 21 heteroatoms. The molecule has 8 rings (SSSR count). The van der Waals surface area contributed by atoms with Gasteiger partial charge in [0, 0.05) is 69.4 Å². The summed E-state index contributed by atoms with van der Waals surface area (Å²) in [5, 5.41) is 14.6. The van der Waals surface area contributed by atoms with E-state index in [0.717, 1.165) is 26.3 Å². The van der Waals surface area contributed by atoms with E-state index in [1.165, 1.54) is 16.9 Å². The average Bonchev–Trinajstić information content (AvgIpc) is 4.09. The van der Waals surface area contributed by atoms with E-state index in [4.69, 9.17) is 31.7 Å². The molecule has 0 radical (unpaired) electrons. The first-order valence-electron chi connectivity index (χ1n) is 20.4. The lowest BCUT2D eigenvalue weighted by Crippen LogP contribution is -2.28. The highest BCUT2D eigenvalue weighted by molar-refractivity contribution is 6.07. The SMILES string of the molecule is CCn1nc(C)cc1C(=O)Nc1nc2cc(C(N)=O)cc(OCCN3CC4COCC4C3)c2n1C/C=C/Cn1c(NC(=O)c2c(N)c(C)nn2CC)nc2cc(C(N)=O)cnc21. The minimum atomic E-state index is -0.681. The van der Waals surface area contributed by atoms with Crippen LogP contribution in [0.4, 0.5) is 17.6 Å². The van der Waals surface area contributed by atoms with Crippen molar-refractivity contribution < 1.29 is 28.7 Å². The normalized spacial score (nSPS) is 16.5. The molecule has 1 aromatic carbocycles. The largest absolute Gasteiger partial charge is 0.490 e. The quantitative estimate of drug-likeness (QED) is 0.0876. The first-order valence-corrected chi connectivity index (χ1v) is 20.4. The van der Waals surface area contributed by atoms with Gasteiger partial charge in [-0.2, -0.15) is 10.2 Å². The minimum Gasteiger partial charge on any atom is -0.490 e. The van der Waals surface area contributed by atoms with Crippen LogP contribution >= 0.6 is 0 Å². The van der Waals surface area contributed by atoms with Gasteiger partial charge in [0.25, 0.3) is 11.8 Å². The van der Waals surface area contributed by atoms with Crippen molar-refractivity contribution in [2.45, 2.75) is 53.9 Å². The molecular weight excluding hydrogens is 799 g/mol. The van der Waals surface area contributed by atoms with Gasteiger partial charge in [0.05, 0.1) is 41.4 Å². The maximum Gasteiger partial charge on any atom is 0.278 e. The molecule has 7 heterocycles. The van der Waals surface area contributed by atoms with Gasteiger partial charge in [0.15, 0.2) is 5.65 Å². The second-order valence-electron chi connectivity index (χ2n) is 15.4. The fourth-order valence-electron chi connectivity index (χ4n) is 8.14. The molecule has 2 saturated heterocycles. The number of anilines is 3. The standard InChI is InChI=1S/C41H49N15O6/c1-5-55-30(13-22(3)50-55)38(59)48-40-46-28-14-24(35(43)57)16-31(62-12-11-52-18-26-20-61-21-27(26)19-52)33(28)53(40)9-7-8-10-54-37-29(15-25(17-45-37)36(44)58)47-41(54)49-39(60)34-32(42)23(4)51-56(34)6-2/h7-8,13-17,26-27H,5-6,9-12,18-21,42H2,1-4H3,(H2,43,57)(H2,44,58)(H,46,48,59)(H,47,49,60)/b8-7+. The van der Waals surface area contributed by atoms with Crippen molar-refractivity contribution in [2.75, 3.05) is 55.8 Å². The Morgan fingerprint density at radius 1 is 0.839 bits per heavy atom. The van der Waals surface area contributed by atoms with Gasteiger partial charge in [-0.25, -0.2) is 15.0 Å². The molecule has 0 saturated carbocycles. The summed E-state index contributed by atoms with van der Waals surface area (Å²) in [6, 6.07) is 6.36. The van der Waals surface area contributed by atoms with Crippen molar-refractivity contribution >= 4 is 63.4 Å². The van der Waals surface area contributed by atoms with Crippen molar-refractivity contribution in [2.24, 2.45) is 23.3 Å². The van der Waals surface area contributed by atoms with Crippen LogP contribution in [0.1, 0.15) is 66.9 Å². The molecule has 5 aromatic heterocycles. The molecule has 0 bridgehead atoms. The smallest absolute Gasteiger partial charge is 0.278 e. The number of carbonyl (C=O) groups is 4. The number of amides is 4. The van der Waals surface area contributed by atoms with Gasteiger partial charge in [-0.05, 0) is 52.0 Å². The molecule has 2 aliphatic heterocycles. The summed E-state index contributed by atoms with van der Waals surface area (Å²) >= 11 is 0. The number of fused-ring (bicyclic) bond motifs is 3. The monoisotopic (exact) mass is 847 g/mol. The third-order valence-electron chi connectivity index (χ3n) is 11.3. The molecule has 2 fully saturated rings. The lowest BCUT2D eigenvalue weighted by molar-refractivity contribution is 0.0991. The molecule has 0 aliphatic carbocycles. The molecule has 6 aromatic rings. The Bertz CT molecular complexity index is 2750. The van der Waals surface area contributed by atoms with Crippen LogP contribution in [0.3, 0.4) is 0 Å². The highest BCUT2D eigenvalue weighted by atomic mass is 16.5. The Hall–Kier alpha value is -7.13. The molecule has 8 N–H and O–H groups in total. The van der Waals surface area contributed by atoms with E-state index >= 15 is 0 Å². The number of allylic oxidation sites excluding steroid dienone is 2. The molecule has 324 valence electrons. The van der Waals surface area contributed by atoms with Crippen LogP contribution in [0.15, 0.2) is 42.6 Å². The predicted molar refractivity (Wildman–Crippen MR) is 229 cm³/mol. The van der Waals surface area contributed by atoms with Crippen molar-refractivity contribution in [1.82, 2.24) is 48.5 Å². The number of nitrogens with two attached hydrogens (primary N) is 3. The Labute approximate surface area is 355 Å². The van der Waals surface area contributed by atoms with Gasteiger partial charge in [0.1, 0.15) is 34.8 Å². The van der Waals surface area contributed by atoms with Crippen molar-refractivity contribution in [3.05, 3.63) is 76.5 Å². The van der Waals surface area contributed by atoms with Crippen LogP contribution in [0.25, 0.3) is 22.2 Å². The number of hydrogen-bond donors (Lipinski definition) is 5. The summed E-state index contributed by atoms with van der Waals surface area (Å²) < 4.78 is 18.6. The summed E-state index contributed by atoms with van der Waals surface area (Å²) in [7, 11) is 0. The lowest BCUT2D eigenvalue weighted by Gasteiger charge is -2.18. The Morgan fingerprint density at radius 2 is 1.48 bits per heavy atom. The number of nitrogen functional groups attached to an aromatic ring is 1. The fourth-order valence-corrected chi connectivity index (χ4v) is 8.14. The molecule has 21 nitrogen and oxygen atoms in total. The van der Waals surface area contributed by atoms with Crippen LogP contribution in [-0.2, 0) is 30.9 Å². The number of ether oxygens (including phenoxy) is 2. The number of nitrogens with zero attached hydrogens (tertiary/aromatic N) is 10. The maximum atomic E-state index is 13.8. The minimum absolute atomic E-state index is 0.136. The van der Waals surface area contributed by atoms with Crippen molar-refractivity contribution in [3.63, 3.8) is 0 Å². The number of aryl methyl sites for hydroxylation is 4. The Morgan fingerprint density at radius 3 is 2.18 bits per heavy atom. The molecule has 4 amide bonds. The first kappa shape index (κ1) is 41.6. The Balaban J connectivity index is 1.13. The van der Waals surface area contributed by atoms with Crippen LogP contribution in [0.2, 0.25) is 0 Å². The number of imidazole rings is 2. The topological polar surface area (TPSA) is 276 Å².